The number of aryl methyl sites for hydroxylation is 1. The minimum atomic E-state index is -0.465. The number of carbonyl (C=O) groups excluding carboxylic acids is 1. The van der Waals surface area contributed by atoms with Gasteiger partial charge < -0.3 is 5.32 Å². The Morgan fingerprint density at radius 2 is 2.12 bits per heavy atom. The summed E-state index contributed by atoms with van der Waals surface area (Å²) in [7, 11) is 0. The van der Waals surface area contributed by atoms with Crippen molar-refractivity contribution in [1.82, 2.24) is 14.8 Å². The summed E-state index contributed by atoms with van der Waals surface area (Å²) < 4.78 is 15.7. The molecule has 5 nitrogen and oxygen atoms in total. The number of carbonyl (C=O) groups is 1. The summed E-state index contributed by atoms with van der Waals surface area (Å²) in [5.74, 6) is -0.754. The third-order valence-corrected chi connectivity index (χ3v) is 4.57. The molecule has 3 aromatic rings. The molecule has 0 aliphatic heterocycles. The van der Waals surface area contributed by atoms with Crippen LogP contribution in [0.15, 0.2) is 55.1 Å². The third kappa shape index (κ3) is 3.03. The van der Waals surface area contributed by atoms with Crippen LogP contribution in [0.3, 0.4) is 0 Å². The maximum atomic E-state index is 14.3. The quantitative estimate of drug-likeness (QED) is 0.797. The third-order valence-electron chi connectivity index (χ3n) is 4.57. The first-order valence-electron chi connectivity index (χ1n) is 8.25. The summed E-state index contributed by atoms with van der Waals surface area (Å²) in [6.45, 7) is 0. The minimum absolute atomic E-state index is 0.0972. The van der Waals surface area contributed by atoms with Gasteiger partial charge in [-0.15, -0.1) is 0 Å². The van der Waals surface area contributed by atoms with Gasteiger partial charge in [-0.1, -0.05) is 24.3 Å². The molecule has 1 atom stereocenters. The number of nitrogens with zero attached hydrogens (tertiary/aromatic N) is 3. The van der Waals surface area contributed by atoms with Crippen LogP contribution in [0.25, 0.3) is 5.69 Å². The van der Waals surface area contributed by atoms with Gasteiger partial charge in [0.2, 0.25) is 5.91 Å². The van der Waals surface area contributed by atoms with Crippen molar-refractivity contribution in [3.8, 4) is 5.69 Å². The number of nitrogens with one attached hydrogen (secondary N) is 1. The predicted octanol–water partition coefficient (Wildman–Crippen LogP) is 3.47. The second-order valence-corrected chi connectivity index (χ2v) is 6.14. The van der Waals surface area contributed by atoms with Crippen molar-refractivity contribution in [3.63, 3.8) is 0 Å². The molecule has 0 fully saturated rings. The van der Waals surface area contributed by atoms with Crippen LogP contribution in [0.2, 0.25) is 0 Å². The Hall–Kier alpha value is -3.02. The smallest absolute Gasteiger partial charge is 0.231 e. The first-order chi connectivity index (χ1) is 12.2. The normalized spacial score (nSPS) is 16.3. The number of rotatable bonds is 3. The van der Waals surface area contributed by atoms with Crippen molar-refractivity contribution < 1.29 is 9.18 Å². The van der Waals surface area contributed by atoms with Crippen LogP contribution in [0.5, 0.6) is 0 Å². The van der Waals surface area contributed by atoms with Crippen LogP contribution in [0.4, 0.5) is 10.1 Å². The summed E-state index contributed by atoms with van der Waals surface area (Å²) in [6, 6.07) is 12.6. The van der Waals surface area contributed by atoms with Crippen LogP contribution in [-0.4, -0.2) is 20.7 Å². The van der Waals surface area contributed by atoms with E-state index in [2.05, 4.69) is 21.5 Å². The Labute approximate surface area is 144 Å². The van der Waals surface area contributed by atoms with E-state index in [0.717, 1.165) is 24.8 Å². The topological polar surface area (TPSA) is 59.8 Å². The molecule has 1 aliphatic rings. The van der Waals surface area contributed by atoms with E-state index in [1.807, 2.05) is 18.2 Å². The van der Waals surface area contributed by atoms with Crippen molar-refractivity contribution in [2.75, 3.05) is 5.32 Å². The van der Waals surface area contributed by atoms with Crippen molar-refractivity contribution in [2.24, 2.45) is 0 Å². The van der Waals surface area contributed by atoms with E-state index in [1.165, 1.54) is 29.0 Å². The van der Waals surface area contributed by atoms with Gasteiger partial charge in [0, 0.05) is 5.69 Å². The van der Waals surface area contributed by atoms with Crippen molar-refractivity contribution in [1.29, 1.82) is 0 Å². The summed E-state index contributed by atoms with van der Waals surface area (Å²) >= 11 is 0. The van der Waals surface area contributed by atoms with Gasteiger partial charge in [0.05, 0.1) is 5.92 Å². The first kappa shape index (κ1) is 15.5. The largest absolute Gasteiger partial charge is 0.325 e. The minimum Gasteiger partial charge on any atom is -0.325 e. The monoisotopic (exact) mass is 336 g/mol. The second kappa shape index (κ2) is 6.47. The average Bonchev–Trinajstić information content (AvgIpc) is 3.15. The van der Waals surface area contributed by atoms with E-state index in [-0.39, 0.29) is 11.8 Å². The van der Waals surface area contributed by atoms with Gasteiger partial charge in [0.15, 0.2) is 5.82 Å². The molecule has 25 heavy (non-hydrogen) atoms. The highest BCUT2D eigenvalue weighted by Gasteiger charge is 2.26. The summed E-state index contributed by atoms with van der Waals surface area (Å²) in [5.41, 5.74) is 3.03. The van der Waals surface area contributed by atoms with Gasteiger partial charge >= 0.3 is 0 Å². The molecular weight excluding hydrogens is 319 g/mol. The SMILES string of the molecule is O=C(Nc1ccc(-n2cncn2)c(F)c1)[C@@H]1CCCc2ccccc21. The van der Waals surface area contributed by atoms with Gasteiger partial charge in [-0.3, -0.25) is 4.79 Å². The number of fused-ring (bicyclic) bond motifs is 1. The van der Waals surface area contributed by atoms with E-state index in [1.54, 1.807) is 12.1 Å². The number of amides is 1. The van der Waals surface area contributed by atoms with Gasteiger partial charge in [0.1, 0.15) is 18.3 Å². The van der Waals surface area contributed by atoms with Gasteiger partial charge in [-0.05, 0) is 48.6 Å². The fraction of sp³-hybridized carbons (Fsp3) is 0.211. The fourth-order valence-electron chi connectivity index (χ4n) is 3.36. The first-order valence-corrected chi connectivity index (χ1v) is 8.25. The molecule has 6 heteroatoms. The maximum absolute atomic E-state index is 14.3. The Morgan fingerprint density at radius 3 is 2.92 bits per heavy atom. The highest BCUT2D eigenvalue weighted by atomic mass is 19.1. The highest BCUT2D eigenvalue weighted by Crippen LogP contribution is 2.32. The molecule has 0 spiro atoms. The summed E-state index contributed by atoms with van der Waals surface area (Å²) in [6.07, 6.45) is 5.56. The number of hydrogen-bond acceptors (Lipinski definition) is 3. The zero-order chi connectivity index (χ0) is 17.2. The molecule has 4 rings (SSSR count). The van der Waals surface area contributed by atoms with E-state index in [9.17, 15) is 9.18 Å². The maximum Gasteiger partial charge on any atom is 0.231 e. The van der Waals surface area contributed by atoms with E-state index in [4.69, 9.17) is 0 Å². The molecule has 0 saturated heterocycles. The predicted molar refractivity (Wildman–Crippen MR) is 92.1 cm³/mol. The zero-order valence-corrected chi connectivity index (χ0v) is 13.5. The molecule has 1 N–H and O–H groups in total. The summed E-state index contributed by atoms with van der Waals surface area (Å²) in [4.78, 5) is 16.5. The van der Waals surface area contributed by atoms with Crippen LogP contribution in [-0.2, 0) is 11.2 Å². The lowest BCUT2D eigenvalue weighted by Crippen LogP contribution is -2.24. The van der Waals surface area contributed by atoms with Crippen molar-refractivity contribution >= 4 is 11.6 Å². The molecule has 2 aromatic carbocycles. The van der Waals surface area contributed by atoms with Gasteiger partial charge in [0.25, 0.3) is 0 Å². The molecule has 0 saturated carbocycles. The Balaban J connectivity index is 1.55. The molecule has 1 amide bonds. The van der Waals surface area contributed by atoms with E-state index in [0.29, 0.717) is 11.4 Å². The molecular formula is C19H17FN4O. The molecule has 1 heterocycles. The lowest BCUT2D eigenvalue weighted by atomic mass is 9.82. The standard InChI is InChI=1S/C19H17FN4O/c20-17-10-14(8-9-18(17)24-12-21-11-22-24)23-19(25)16-7-3-5-13-4-1-2-6-15(13)16/h1-2,4,6,8-12,16H,3,5,7H2,(H,23,25)/t16-/m1/s1. The Kier molecular flexibility index (Phi) is 4.01. The summed E-state index contributed by atoms with van der Waals surface area (Å²) in [5, 5.41) is 6.76. The Bertz CT molecular complexity index is 908. The number of aromatic nitrogens is 3. The second-order valence-electron chi connectivity index (χ2n) is 6.14. The van der Waals surface area contributed by atoms with Gasteiger partial charge in [-0.25, -0.2) is 14.1 Å². The van der Waals surface area contributed by atoms with Crippen LogP contribution < -0.4 is 5.32 Å². The van der Waals surface area contributed by atoms with Crippen LogP contribution in [0.1, 0.15) is 29.9 Å². The van der Waals surface area contributed by atoms with E-state index < -0.39 is 5.82 Å². The van der Waals surface area contributed by atoms with Crippen molar-refractivity contribution in [3.05, 3.63) is 72.1 Å². The van der Waals surface area contributed by atoms with Gasteiger partial charge in [-0.2, -0.15) is 5.10 Å². The molecule has 0 unspecified atom stereocenters. The van der Waals surface area contributed by atoms with Crippen molar-refractivity contribution in [2.45, 2.75) is 25.2 Å². The lowest BCUT2D eigenvalue weighted by Gasteiger charge is -2.24. The zero-order valence-electron chi connectivity index (χ0n) is 13.5. The van der Waals surface area contributed by atoms with Crippen LogP contribution in [0, 0.1) is 5.82 Å². The lowest BCUT2D eigenvalue weighted by molar-refractivity contribution is -0.117. The van der Waals surface area contributed by atoms with Crippen LogP contribution >= 0.6 is 0 Å². The molecule has 0 radical (unpaired) electrons. The molecule has 1 aliphatic carbocycles. The Morgan fingerprint density at radius 1 is 1.24 bits per heavy atom. The fourth-order valence-corrected chi connectivity index (χ4v) is 3.36. The number of benzene rings is 2. The highest BCUT2D eigenvalue weighted by molar-refractivity contribution is 5.96. The molecule has 0 bridgehead atoms. The molecule has 126 valence electrons. The molecule has 1 aromatic heterocycles. The number of anilines is 1. The van der Waals surface area contributed by atoms with E-state index >= 15 is 0 Å². The number of hydrogen-bond donors (Lipinski definition) is 1. The number of halogens is 1. The average molecular weight is 336 g/mol.